The minimum atomic E-state index is -4.63. The molecule has 1 heterocycles. The van der Waals surface area contributed by atoms with Gasteiger partial charge in [0.05, 0.1) is 10.5 Å². The third kappa shape index (κ3) is 3.16. The second-order valence-corrected chi connectivity index (χ2v) is 7.06. The van der Waals surface area contributed by atoms with E-state index in [-0.39, 0.29) is 16.1 Å². The van der Waals surface area contributed by atoms with Gasteiger partial charge < -0.3 is 5.73 Å². The number of benzene rings is 1. The summed E-state index contributed by atoms with van der Waals surface area (Å²) in [7, 11) is -3.94. The first-order valence-corrected chi connectivity index (χ1v) is 8.05. The predicted molar refractivity (Wildman–Crippen MR) is 73.2 cm³/mol. The van der Waals surface area contributed by atoms with Crippen LogP contribution in [0.25, 0.3) is 0 Å². The lowest BCUT2D eigenvalue weighted by molar-refractivity contribution is -0.137. The molecular formula is C13H17F3N2O2S. The average molecular weight is 322 g/mol. The van der Waals surface area contributed by atoms with Crippen LogP contribution in [0.4, 0.5) is 18.9 Å². The molecule has 8 heteroatoms. The fraction of sp³-hybridized carbons (Fsp3) is 0.538. The summed E-state index contributed by atoms with van der Waals surface area (Å²) in [4.78, 5) is -0.350. The Hall–Kier alpha value is -1.28. The van der Waals surface area contributed by atoms with Crippen molar-refractivity contribution in [3.05, 3.63) is 23.3 Å². The van der Waals surface area contributed by atoms with Crippen LogP contribution in [-0.4, -0.2) is 25.8 Å². The second kappa shape index (κ2) is 5.49. The van der Waals surface area contributed by atoms with Crippen molar-refractivity contribution in [2.24, 2.45) is 0 Å². The van der Waals surface area contributed by atoms with Crippen molar-refractivity contribution < 1.29 is 21.6 Å². The van der Waals surface area contributed by atoms with Crippen LogP contribution >= 0.6 is 0 Å². The van der Waals surface area contributed by atoms with Gasteiger partial charge in [0.1, 0.15) is 0 Å². The lowest BCUT2D eigenvalue weighted by Gasteiger charge is -2.27. The fourth-order valence-corrected chi connectivity index (χ4v) is 4.18. The van der Waals surface area contributed by atoms with E-state index in [0.29, 0.717) is 32.0 Å². The summed E-state index contributed by atoms with van der Waals surface area (Å²) in [6.45, 7) is 2.09. The second-order valence-electron chi connectivity index (χ2n) is 5.15. The molecule has 0 spiro atoms. The van der Waals surface area contributed by atoms with Crippen LogP contribution in [0.15, 0.2) is 17.0 Å². The first kappa shape index (κ1) is 16.1. The van der Waals surface area contributed by atoms with Gasteiger partial charge in [0.15, 0.2) is 0 Å². The largest absolute Gasteiger partial charge is 0.416 e. The van der Waals surface area contributed by atoms with E-state index in [1.807, 2.05) is 0 Å². The van der Waals surface area contributed by atoms with Crippen LogP contribution in [0.2, 0.25) is 0 Å². The van der Waals surface area contributed by atoms with E-state index >= 15 is 0 Å². The minimum Gasteiger partial charge on any atom is -0.398 e. The van der Waals surface area contributed by atoms with Gasteiger partial charge in [0.25, 0.3) is 0 Å². The zero-order valence-electron chi connectivity index (χ0n) is 11.6. The normalized spacial score (nSPS) is 17.9. The van der Waals surface area contributed by atoms with Crippen molar-refractivity contribution >= 4 is 15.7 Å². The molecule has 1 aromatic carbocycles. The van der Waals surface area contributed by atoms with Crippen molar-refractivity contribution in [1.82, 2.24) is 4.31 Å². The summed E-state index contributed by atoms with van der Waals surface area (Å²) in [5, 5.41) is 0. The van der Waals surface area contributed by atoms with Crippen molar-refractivity contribution in [2.75, 3.05) is 18.8 Å². The van der Waals surface area contributed by atoms with Crippen molar-refractivity contribution in [3.8, 4) is 0 Å². The molecule has 118 valence electrons. The molecule has 1 fully saturated rings. The van der Waals surface area contributed by atoms with Gasteiger partial charge in [-0.1, -0.05) is 6.42 Å². The highest BCUT2D eigenvalue weighted by molar-refractivity contribution is 7.89. The minimum absolute atomic E-state index is 0.161. The number of halogens is 3. The molecular weight excluding hydrogens is 305 g/mol. The van der Waals surface area contributed by atoms with Gasteiger partial charge in [0.2, 0.25) is 10.0 Å². The number of rotatable bonds is 2. The number of hydrogen-bond acceptors (Lipinski definition) is 3. The van der Waals surface area contributed by atoms with E-state index in [1.54, 1.807) is 0 Å². The molecule has 0 unspecified atom stereocenters. The maximum atomic E-state index is 12.8. The molecule has 1 saturated heterocycles. The molecule has 1 aliphatic heterocycles. The van der Waals surface area contributed by atoms with Crippen LogP contribution in [0.1, 0.15) is 30.4 Å². The molecule has 0 bridgehead atoms. The molecule has 0 atom stereocenters. The highest BCUT2D eigenvalue weighted by Gasteiger charge is 2.35. The smallest absolute Gasteiger partial charge is 0.398 e. The molecule has 0 aliphatic carbocycles. The summed E-state index contributed by atoms with van der Waals surface area (Å²) in [5.74, 6) is 0. The van der Waals surface area contributed by atoms with Crippen molar-refractivity contribution in [3.63, 3.8) is 0 Å². The summed E-state index contributed by atoms with van der Waals surface area (Å²) >= 11 is 0. The maximum absolute atomic E-state index is 12.8. The van der Waals surface area contributed by atoms with Crippen LogP contribution in [-0.2, 0) is 16.2 Å². The Morgan fingerprint density at radius 3 is 2.24 bits per heavy atom. The van der Waals surface area contributed by atoms with E-state index in [4.69, 9.17) is 5.73 Å². The van der Waals surface area contributed by atoms with Crippen LogP contribution in [0.3, 0.4) is 0 Å². The lowest BCUT2D eigenvalue weighted by atomic mass is 10.1. The number of nitrogens with zero attached hydrogens (tertiary/aromatic N) is 1. The predicted octanol–water partition coefficient (Wildman–Crippen LogP) is 2.77. The third-order valence-corrected chi connectivity index (χ3v) is 5.69. The molecule has 2 N–H and O–H groups in total. The Bertz CT molecular complexity index is 636. The fourth-order valence-electron chi connectivity index (χ4n) is 2.39. The van der Waals surface area contributed by atoms with Crippen molar-refractivity contribution in [2.45, 2.75) is 37.3 Å². The Labute approximate surface area is 121 Å². The van der Waals surface area contributed by atoms with E-state index in [1.165, 1.54) is 11.2 Å². The SMILES string of the molecule is Cc1c(N)cc(C(F)(F)F)cc1S(=O)(=O)N1CCCCC1. The van der Waals surface area contributed by atoms with E-state index < -0.39 is 21.8 Å². The standard InChI is InChI=1S/C13H17F3N2O2S/c1-9-11(17)7-10(13(14,15)16)8-12(9)21(19,20)18-5-3-2-4-6-18/h7-8H,2-6,17H2,1H3. The van der Waals surface area contributed by atoms with Gasteiger partial charge in [-0.25, -0.2) is 8.42 Å². The molecule has 0 radical (unpaired) electrons. The molecule has 0 saturated carbocycles. The number of piperidine rings is 1. The number of sulfonamides is 1. The third-order valence-electron chi connectivity index (χ3n) is 3.66. The van der Waals surface area contributed by atoms with Gasteiger partial charge >= 0.3 is 6.18 Å². The lowest BCUT2D eigenvalue weighted by Crippen LogP contribution is -2.36. The zero-order chi connectivity index (χ0) is 15.8. The van der Waals surface area contributed by atoms with E-state index in [0.717, 1.165) is 12.5 Å². The molecule has 1 aliphatic rings. The number of anilines is 1. The first-order valence-electron chi connectivity index (χ1n) is 6.61. The summed E-state index contributed by atoms with van der Waals surface area (Å²) in [6.07, 6.45) is -2.27. The average Bonchev–Trinajstić information content (AvgIpc) is 2.41. The van der Waals surface area contributed by atoms with E-state index in [2.05, 4.69) is 0 Å². The van der Waals surface area contributed by atoms with Gasteiger partial charge in [0, 0.05) is 18.8 Å². The quantitative estimate of drug-likeness (QED) is 0.852. The highest BCUT2D eigenvalue weighted by atomic mass is 32.2. The zero-order valence-corrected chi connectivity index (χ0v) is 12.4. The Morgan fingerprint density at radius 2 is 1.71 bits per heavy atom. The molecule has 1 aromatic rings. The summed E-state index contributed by atoms with van der Waals surface area (Å²) in [5.41, 5.74) is 4.52. The maximum Gasteiger partial charge on any atom is 0.416 e. The van der Waals surface area contributed by atoms with Gasteiger partial charge in [-0.15, -0.1) is 0 Å². The van der Waals surface area contributed by atoms with Gasteiger partial charge in [-0.2, -0.15) is 17.5 Å². The number of alkyl halides is 3. The Balaban J connectivity index is 2.54. The summed E-state index contributed by atoms with van der Waals surface area (Å²) < 4.78 is 64.9. The van der Waals surface area contributed by atoms with Crippen LogP contribution in [0, 0.1) is 6.92 Å². The van der Waals surface area contributed by atoms with Gasteiger partial charge in [-0.3, -0.25) is 0 Å². The number of hydrogen-bond donors (Lipinski definition) is 1. The molecule has 0 amide bonds. The molecule has 2 rings (SSSR count). The topological polar surface area (TPSA) is 63.4 Å². The van der Waals surface area contributed by atoms with Gasteiger partial charge in [-0.05, 0) is 37.5 Å². The highest BCUT2D eigenvalue weighted by Crippen LogP contribution is 2.35. The number of nitrogens with two attached hydrogens (primary N) is 1. The molecule has 0 aromatic heterocycles. The molecule has 4 nitrogen and oxygen atoms in total. The molecule has 21 heavy (non-hydrogen) atoms. The van der Waals surface area contributed by atoms with E-state index in [9.17, 15) is 21.6 Å². The Kier molecular flexibility index (Phi) is 4.21. The van der Waals surface area contributed by atoms with Crippen LogP contribution in [0.5, 0.6) is 0 Å². The number of nitrogen functional groups attached to an aromatic ring is 1. The monoisotopic (exact) mass is 322 g/mol. The van der Waals surface area contributed by atoms with Crippen LogP contribution < -0.4 is 5.73 Å². The summed E-state index contributed by atoms with van der Waals surface area (Å²) in [6, 6.07) is 1.44. The first-order chi connectivity index (χ1) is 9.64. The Morgan fingerprint density at radius 1 is 1.14 bits per heavy atom. The van der Waals surface area contributed by atoms with Crippen molar-refractivity contribution in [1.29, 1.82) is 0 Å².